The molecule has 0 unspecified atom stereocenters. The Balaban J connectivity index is 1.87. The summed E-state index contributed by atoms with van der Waals surface area (Å²) in [7, 11) is 0. The number of rotatable bonds is 3. The molecule has 0 radical (unpaired) electrons. The molecule has 3 aromatic rings. The standard InChI is InChI=1S/C15H12Cl2N2/c16-12-8-14-15(9-13(12)17)19(10-18-14)7-6-11-4-2-1-3-5-11/h1-5,8-10H,6-7H2. The highest BCUT2D eigenvalue weighted by Gasteiger charge is 2.06. The topological polar surface area (TPSA) is 17.8 Å². The van der Waals surface area contributed by atoms with E-state index in [0.717, 1.165) is 24.0 Å². The molecular formula is C15H12Cl2N2. The van der Waals surface area contributed by atoms with Crippen LogP contribution in [0.4, 0.5) is 0 Å². The first-order valence-corrected chi connectivity index (χ1v) is 6.83. The van der Waals surface area contributed by atoms with Gasteiger partial charge in [0.1, 0.15) is 0 Å². The molecule has 96 valence electrons. The van der Waals surface area contributed by atoms with E-state index in [2.05, 4.69) is 33.8 Å². The van der Waals surface area contributed by atoms with E-state index in [-0.39, 0.29) is 0 Å². The molecule has 0 amide bonds. The lowest BCUT2D eigenvalue weighted by Crippen LogP contribution is -1.99. The zero-order chi connectivity index (χ0) is 13.2. The molecule has 0 saturated heterocycles. The molecule has 4 heteroatoms. The SMILES string of the molecule is Clc1cc2ncn(CCc3ccccc3)c2cc1Cl. The average Bonchev–Trinajstić information content (AvgIpc) is 2.80. The van der Waals surface area contributed by atoms with E-state index >= 15 is 0 Å². The van der Waals surface area contributed by atoms with E-state index in [1.54, 1.807) is 6.07 Å². The predicted octanol–water partition coefficient (Wildman–Crippen LogP) is 4.59. The molecule has 2 aromatic carbocycles. The van der Waals surface area contributed by atoms with Gasteiger partial charge in [0.15, 0.2) is 0 Å². The molecule has 1 heterocycles. The number of aryl methyl sites for hydroxylation is 2. The van der Waals surface area contributed by atoms with Gasteiger partial charge in [0.2, 0.25) is 0 Å². The summed E-state index contributed by atoms with van der Waals surface area (Å²) in [6.07, 6.45) is 2.80. The fourth-order valence-electron chi connectivity index (χ4n) is 2.13. The van der Waals surface area contributed by atoms with Gasteiger partial charge in [-0.2, -0.15) is 0 Å². The summed E-state index contributed by atoms with van der Waals surface area (Å²) < 4.78 is 2.10. The second-order valence-electron chi connectivity index (χ2n) is 4.43. The van der Waals surface area contributed by atoms with Gasteiger partial charge in [0.25, 0.3) is 0 Å². The average molecular weight is 291 g/mol. The van der Waals surface area contributed by atoms with Crippen molar-refractivity contribution >= 4 is 34.2 Å². The Labute approximate surface area is 121 Å². The van der Waals surface area contributed by atoms with Crippen LogP contribution < -0.4 is 0 Å². The van der Waals surface area contributed by atoms with Crippen LogP contribution in [-0.2, 0) is 13.0 Å². The van der Waals surface area contributed by atoms with E-state index in [0.29, 0.717) is 10.0 Å². The Kier molecular flexibility index (Phi) is 3.45. The first kappa shape index (κ1) is 12.5. The zero-order valence-corrected chi connectivity index (χ0v) is 11.7. The van der Waals surface area contributed by atoms with Crippen molar-refractivity contribution in [2.45, 2.75) is 13.0 Å². The van der Waals surface area contributed by atoms with Crippen LogP contribution in [0.1, 0.15) is 5.56 Å². The maximum Gasteiger partial charge on any atom is 0.0958 e. The van der Waals surface area contributed by atoms with Crippen molar-refractivity contribution < 1.29 is 0 Å². The summed E-state index contributed by atoms with van der Waals surface area (Å²) in [5.41, 5.74) is 3.21. The van der Waals surface area contributed by atoms with Crippen LogP contribution in [0.5, 0.6) is 0 Å². The van der Waals surface area contributed by atoms with E-state index < -0.39 is 0 Å². The lowest BCUT2D eigenvalue weighted by atomic mass is 10.1. The molecule has 0 bridgehead atoms. The van der Waals surface area contributed by atoms with Gasteiger partial charge in [0, 0.05) is 6.54 Å². The van der Waals surface area contributed by atoms with Crippen LogP contribution in [0.25, 0.3) is 11.0 Å². The van der Waals surface area contributed by atoms with Crippen molar-refractivity contribution in [1.82, 2.24) is 9.55 Å². The summed E-state index contributed by atoms with van der Waals surface area (Å²) in [6, 6.07) is 14.1. The lowest BCUT2D eigenvalue weighted by Gasteiger charge is -2.05. The van der Waals surface area contributed by atoms with Crippen molar-refractivity contribution in [2.75, 3.05) is 0 Å². The van der Waals surface area contributed by atoms with Gasteiger partial charge in [-0.1, -0.05) is 53.5 Å². The monoisotopic (exact) mass is 290 g/mol. The van der Waals surface area contributed by atoms with Crippen molar-refractivity contribution in [2.24, 2.45) is 0 Å². The maximum atomic E-state index is 6.06. The van der Waals surface area contributed by atoms with Crippen LogP contribution in [0.2, 0.25) is 10.0 Å². The molecule has 0 atom stereocenters. The summed E-state index contributed by atoms with van der Waals surface area (Å²) in [5, 5.41) is 1.11. The van der Waals surface area contributed by atoms with Gasteiger partial charge < -0.3 is 4.57 Å². The van der Waals surface area contributed by atoms with Crippen LogP contribution in [0, 0.1) is 0 Å². The highest BCUT2D eigenvalue weighted by atomic mass is 35.5. The number of benzene rings is 2. The van der Waals surface area contributed by atoms with Gasteiger partial charge in [-0.05, 0) is 24.1 Å². The van der Waals surface area contributed by atoms with Gasteiger partial charge in [-0.25, -0.2) is 4.98 Å². The molecular weight excluding hydrogens is 279 g/mol. The third-order valence-electron chi connectivity index (χ3n) is 3.15. The van der Waals surface area contributed by atoms with E-state index in [4.69, 9.17) is 23.2 Å². The normalized spacial score (nSPS) is 11.1. The first-order valence-electron chi connectivity index (χ1n) is 6.08. The largest absolute Gasteiger partial charge is 0.330 e. The Hall–Kier alpha value is -1.51. The molecule has 0 aliphatic rings. The minimum atomic E-state index is 0.544. The van der Waals surface area contributed by atoms with Gasteiger partial charge >= 0.3 is 0 Å². The number of nitrogens with zero attached hydrogens (tertiary/aromatic N) is 2. The molecule has 0 saturated carbocycles. The predicted molar refractivity (Wildman–Crippen MR) is 79.9 cm³/mol. The number of hydrogen-bond acceptors (Lipinski definition) is 1. The Bertz CT molecular complexity index is 705. The number of fused-ring (bicyclic) bond motifs is 1. The van der Waals surface area contributed by atoms with E-state index in [9.17, 15) is 0 Å². The highest BCUT2D eigenvalue weighted by molar-refractivity contribution is 6.42. The third-order valence-corrected chi connectivity index (χ3v) is 3.87. The zero-order valence-electron chi connectivity index (χ0n) is 10.2. The second-order valence-corrected chi connectivity index (χ2v) is 5.24. The quantitative estimate of drug-likeness (QED) is 0.690. The Morgan fingerprint density at radius 2 is 1.74 bits per heavy atom. The maximum absolute atomic E-state index is 6.06. The molecule has 0 N–H and O–H groups in total. The molecule has 1 aromatic heterocycles. The summed E-state index contributed by atoms with van der Waals surface area (Å²) >= 11 is 12.0. The molecule has 0 aliphatic heterocycles. The molecule has 2 nitrogen and oxygen atoms in total. The second kappa shape index (κ2) is 5.24. The van der Waals surface area contributed by atoms with E-state index in [1.807, 2.05) is 18.5 Å². The van der Waals surface area contributed by atoms with Gasteiger partial charge in [-0.15, -0.1) is 0 Å². The minimum absolute atomic E-state index is 0.544. The van der Waals surface area contributed by atoms with Crippen molar-refractivity contribution in [3.8, 4) is 0 Å². The molecule has 0 spiro atoms. The Morgan fingerprint density at radius 1 is 1.00 bits per heavy atom. The van der Waals surface area contributed by atoms with Crippen LogP contribution in [-0.4, -0.2) is 9.55 Å². The highest BCUT2D eigenvalue weighted by Crippen LogP contribution is 2.27. The number of hydrogen-bond donors (Lipinski definition) is 0. The van der Waals surface area contributed by atoms with Crippen molar-refractivity contribution in [3.63, 3.8) is 0 Å². The van der Waals surface area contributed by atoms with Crippen LogP contribution in [0.3, 0.4) is 0 Å². The third kappa shape index (κ3) is 2.60. The summed E-state index contributed by atoms with van der Waals surface area (Å²) in [4.78, 5) is 4.35. The fraction of sp³-hybridized carbons (Fsp3) is 0.133. The number of imidazole rings is 1. The fourth-order valence-corrected chi connectivity index (χ4v) is 2.44. The molecule has 3 rings (SSSR count). The van der Waals surface area contributed by atoms with Gasteiger partial charge in [-0.3, -0.25) is 0 Å². The summed E-state index contributed by atoms with van der Waals surface area (Å²) in [5.74, 6) is 0. The minimum Gasteiger partial charge on any atom is -0.330 e. The molecule has 0 aliphatic carbocycles. The molecule has 19 heavy (non-hydrogen) atoms. The summed E-state index contributed by atoms with van der Waals surface area (Å²) in [6.45, 7) is 0.873. The Morgan fingerprint density at radius 3 is 2.53 bits per heavy atom. The van der Waals surface area contributed by atoms with Crippen molar-refractivity contribution in [1.29, 1.82) is 0 Å². The lowest BCUT2D eigenvalue weighted by molar-refractivity contribution is 0.716. The smallest absolute Gasteiger partial charge is 0.0958 e. The van der Waals surface area contributed by atoms with E-state index in [1.165, 1.54) is 5.56 Å². The molecule has 0 fully saturated rings. The van der Waals surface area contributed by atoms with Crippen LogP contribution >= 0.6 is 23.2 Å². The number of aromatic nitrogens is 2. The first-order chi connectivity index (χ1) is 9.24. The number of halogens is 2. The van der Waals surface area contributed by atoms with Crippen LogP contribution in [0.15, 0.2) is 48.8 Å². The van der Waals surface area contributed by atoms with Gasteiger partial charge in [0.05, 0.1) is 27.4 Å². The van der Waals surface area contributed by atoms with Crippen molar-refractivity contribution in [3.05, 3.63) is 64.4 Å².